The predicted molar refractivity (Wildman–Crippen MR) is 82.7 cm³/mol. The van der Waals surface area contributed by atoms with Crippen molar-refractivity contribution in [2.24, 2.45) is 5.73 Å². The van der Waals surface area contributed by atoms with E-state index in [1.54, 1.807) is 4.90 Å². The molecule has 0 aliphatic carbocycles. The minimum Gasteiger partial charge on any atom is -0.362 e. The molecule has 0 fully saturated rings. The van der Waals surface area contributed by atoms with Crippen LogP contribution >= 0.6 is 0 Å². The Hall–Kier alpha value is -1.55. The molecule has 1 aromatic carbocycles. The maximum absolute atomic E-state index is 12.3. The Morgan fingerprint density at radius 2 is 2.15 bits per heavy atom. The molecule has 0 saturated carbocycles. The average Bonchev–Trinajstić information content (AvgIpc) is 2.59. The van der Waals surface area contributed by atoms with Gasteiger partial charge >= 0.3 is 0 Å². The highest BCUT2D eigenvalue weighted by Crippen LogP contribution is 2.31. The first-order chi connectivity index (χ1) is 9.50. The van der Waals surface area contributed by atoms with Gasteiger partial charge in [-0.3, -0.25) is 4.79 Å². The molecule has 1 atom stereocenters. The van der Waals surface area contributed by atoms with Crippen LogP contribution in [0.3, 0.4) is 0 Å². The van der Waals surface area contributed by atoms with Crippen molar-refractivity contribution >= 4 is 11.6 Å². The molecule has 1 unspecified atom stereocenters. The van der Waals surface area contributed by atoms with Crippen molar-refractivity contribution in [1.29, 1.82) is 0 Å². The van der Waals surface area contributed by atoms with Crippen LogP contribution < -0.4 is 10.6 Å². The van der Waals surface area contributed by atoms with Crippen LogP contribution in [0.2, 0.25) is 0 Å². The van der Waals surface area contributed by atoms with E-state index in [0.29, 0.717) is 6.54 Å². The molecule has 0 spiro atoms. The Labute approximate surface area is 121 Å². The second kappa shape index (κ2) is 6.27. The third kappa shape index (κ3) is 3.12. The Balaban J connectivity index is 2.20. The van der Waals surface area contributed by atoms with Gasteiger partial charge in [0.1, 0.15) is 0 Å². The number of carbonyl (C=O) groups is 1. The fourth-order valence-electron chi connectivity index (χ4n) is 2.59. The van der Waals surface area contributed by atoms with E-state index in [2.05, 4.69) is 17.0 Å². The topological polar surface area (TPSA) is 49.6 Å². The third-order valence-electron chi connectivity index (χ3n) is 4.11. The summed E-state index contributed by atoms with van der Waals surface area (Å²) >= 11 is 0. The first-order valence-electron chi connectivity index (χ1n) is 7.36. The van der Waals surface area contributed by atoms with Gasteiger partial charge in [0.2, 0.25) is 5.91 Å². The molecule has 4 heteroatoms. The van der Waals surface area contributed by atoms with Crippen molar-refractivity contribution in [2.45, 2.75) is 38.8 Å². The highest BCUT2D eigenvalue weighted by atomic mass is 16.2. The van der Waals surface area contributed by atoms with Crippen LogP contribution in [-0.4, -0.2) is 37.0 Å². The molecule has 1 heterocycles. The number of nitrogens with two attached hydrogens (primary N) is 1. The number of hydrogen-bond acceptors (Lipinski definition) is 3. The minimum absolute atomic E-state index is 0.0779. The number of hydrogen-bond donors (Lipinski definition) is 1. The summed E-state index contributed by atoms with van der Waals surface area (Å²) in [6, 6.07) is 8.49. The highest BCUT2D eigenvalue weighted by Gasteiger charge is 2.23. The summed E-state index contributed by atoms with van der Waals surface area (Å²) in [5.41, 5.74) is 8.50. The fraction of sp³-hybridized carbons (Fsp3) is 0.562. The Morgan fingerprint density at radius 3 is 2.85 bits per heavy atom. The van der Waals surface area contributed by atoms with Gasteiger partial charge in [0.15, 0.2) is 0 Å². The zero-order valence-electron chi connectivity index (χ0n) is 12.7. The van der Waals surface area contributed by atoms with Crippen molar-refractivity contribution < 1.29 is 4.79 Å². The zero-order chi connectivity index (χ0) is 14.7. The van der Waals surface area contributed by atoms with Crippen molar-refractivity contribution in [3.8, 4) is 0 Å². The van der Waals surface area contributed by atoms with Crippen LogP contribution in [0, 0.1) is 0 Å². The molecule has 4 nitrogen and oxygen atoms in total. The van der Waals surface area contributed by atoms with Crippen LogP contribution in [0.4, 0.5) is 5.69 Å². The smallest absolute Gasteiger partial charge is 0.242 e. The van der Waals surface area contributed by atoms with E-state index in [1.165, 1.54) is 0 Å². The maximum atomic E-state index is 12.3. The van der Waals surface area contributed by atoms with Crippen molar-refractivity contribution in [3.05, 3.63) is 29.8 Å². The SMILES string of the molecule is CC(C)N(C)C(=O)CN1CCCC(N)c2ccccc21. The van der Waals surface area contributed by atoms with E-state index < -0.39 is 0 Å². The van der Waals surface area contributed by atoms with E-state index >= 15 is 0 Å². The molecule has 1 aliphatic heterocycles. The zero-order valence-corrected chi connectivity index (χ0v) is 12.7. The van der Waals surface area contributed by atoms with Crippen LogP contribution in [0.5, 0.6) is 0 Å². The summed E-state index contributed by atoms with van der Waals surface area (Å²) < 4.78 is 0. The van der Waals surface area contributed by atoms with Crippen LogP contribution in [0.15, 0.2) is 24.3 Å². The standard InChI is InChI=1S/C16H25N3O/c1-12(2)18(3)16(20)11-19-10-6-8-14(17)13-7-4-5-9-15(13)19/h4-5,7,9,12,14H,6,8,10-11,17H2,1-3H3. The average molecular weight is 275 g/mol. The number of para-hydroxylation sites is 1. The first-order valence-corrected chi connectivity index (χ1v) is 7.36. The van der Waals surface area contributed by atoms with Gasteiger partial charge in [-0.25, -0.2) is 0 Å². The van der Waals surface area contributed by atoms with Gasteiger partial charge in [-0.1, -0.05) is 18.2 Å². The van der Waals surface area contributed by atoms with E-state index in [-0.39, 0.29) is 18.0 Å². The summed E-state index contributed by atoms with van der Waals surface area (Å²) in [6.45, 7) is 5.38. The molecule has 20 heavy (non-hydrogen) atoms. The number of rotatable bonds is 3. The molecule has 0 bridgehead atoms. The summed E-state index contributed by atoms with van der Waals surface area (Å²) in [6.07, 6.45) is 2.00. The highest BCUT2D eigenvalue weighted by molar-refractivity contribution is 5.82. The lowest BCUT2D eigenvalue weighted by Crippen LogP contribution is -2.41. The molecule has 1 aromatic rings. The first kappa shape index (κ1) is 14.9. The number of nitrogens with zero attached hydrogens (tertiary/aromatic N) is 2. The summed E-state index contributed by atoms with van der Waals surface area (Å²) in [4.78, 5) is 16.3. The molecule has 0 aromatic heterocycles. The molecular formula is C16H25N3O. The largest absolute Gasteiger partial charge is 0.362 e. The van der Waals surface area contributed by atoms with E-state index in [1.807, 2.05) is 33.0 Å². The van der Waals surface area contributed by atoms with E-state index in [9.17, 15) is 4.79 Å². The molecule has 1 amide bonds. The van der Waals surface area contributed by atoms with Gasteiger partial charge in [0, 0.05) is 31.4 Å². The predicted octanol–water partition coefficient (Wildman–Crippen LogP) is 2.15. The van der Waals surface area contributed by atoms with E-state index in [0.717, 1.165) is 30.6 Å². The fourth-order valence-corrected chi connectivity index (χ4v) is 2.59. The number of carbonyl (C=O) groups excluding carboxylic acids is 1. The van der Waals surface area contributed by atoms with Gasteiger partial charge in [0.05, 0.1) is 6.54 Å². The molecule has 0 saturated heterocycles. The quantitative estimate of drug-likeness (QED) is 0.919. The number of anilines is 1. The van der Waals surface area contributed by atoms with Crippen molar-refractivity contribution in [1.82, 2.24) is 4.90 Å². The van der Waals surface area contributed by atoms with Crippen molar-refractivity contribution in [2.75, 3.05) is 25.0 Å². The van der Waals surface area contributed by atoms with Crippen molar-refractivity contribution in [3.63, 3.8) is 0 Å². The second-order valence-corrected chi connectivity index (χ2v) is 5.83. The summed E-state index contributed by atoms with van der Waals surface area (Å²) in [7, 11) is 1.86. The molecule has 1 aliphatic rings. The van der Waals surface area contributed by atoms with Crippen LogP contribution in [-0.2, 0) is 4.79 Å². The normalized spacial score (nSPS) is 18.6. The second-order valence-electron chi connectivity index (χ2n) is 5.83. The molecule has 0 radical (unpaired) electrons. The lowest BCUT2D eigenvalue weighted by Gasteiger charge is -2.29. The Morgan fingerprint density at radius 1 is 1.45 bits per heavy atom. The van der Waals surface area contributed by atoms with Gasteiger partial charge in [-0.2, -0.15) is 0 Å². The van der Waals surface area contributed by atoms with Gasteiger partial charge in [-0.15, -0.1) is 0 Å². The molecule has 110 valence electrons. The van der Waals surface area contributed by atoms with Crippen LogP contribution in [0.1, 0.15) is 38.3 Å². The number of amides is 1. The molecule has 2 N–H and O–H groups in total. The third-order valence-corrected chi connectivity index (χ3v) is 4.11. The summed E-state index contributed by atoms with van der Waals surface area (Å²) in [5, 5.41) is 0. The monoisotopic (exact) mass is 275 g/mol. The van der Waals surface area contributed by atoms with Gasteiger partial charge in [0.25, 0.3) is 0 Å². The maximum Gasteiger partial charge on any atom is 0.242 e. The summed E-state index contributed by atoms with van der Waals surface area (Å²) in [5.74, 6) is 0.158. The van der Waals surface area contributed by atoms with Gasteiger partial charge < -0.3 is 15.5 Å². The lowest BCUT2D eigenvalue weighted by atomic mass is 10.0. The number of fused-ring (bicyclic) bond motifs is 1. The Bertz CT molecular complexity index is 473. The number of likely N-dealkylation sites (N-methyl/N-ethyl adjacent to an activating group) is 1. The van der Waals surface area contributed by atoms with Crippen LogP contribution in [0.25, 0.3) is 0 Å². The Kier molecular flexibility index (Phi) is 4.65. The number of benzene rings is 1. The molecule has 2 rings (SSSR count). The van der Waals surface area contributed by atoms with Gasteiger partial charge in [-0.05, 0) is 38.3 Å². The lowest BCUT2D eigenvalue weighted by molar-refractivity contribution is -0.129. The van der Waals surface area contributed by atoms with E-state index in [4.69, 9.17) is 5.73 Å². The molecular weight excluding hydrogens is 250 g/mol. The minimum atomic E-state index is 0.0779.